The number of likely N-dealkylation sites (N-methyl/N-ethyl adjacent to an activating group) is 1. The highest BCUT2D eigenvalue weighted by Gasteiger charge is 2.32. The second-order valence-electron chi connectivity index (χ2n) is 6.12. The topological polar surface area (TPSA) is 71.3 Å². The number of amides is 2. The molecule has 7 heteroatoms. The van der Waals surface area contributed by atoms with E-state index in [0.717, 1.165) is 11.4 Å². The van der Waals surface area contributed by atoms with E-state index < -0.39 is 6.04 Å². The van der Waals surface area contributed by atoms with Crippen LogP contribution in [-0.4, -0.2) is 62.6 Å². The largest absolute Gasteiger partial charge is 0.342 e. The summed E-state index contributed by atoms with van der Waals surface area (Å²) < 4.78 is 1.71. The number of carbonyl (C=O) groups excluding carboxylic acids is 2. The highest BCUT2D eigenvalue weighted by Crippen LogP contribution is 2.19. The summed E-state index contributed by atoms with van der Waals surface area (Å²) >= 11 is 0. The number of nitrogens with zero attached hydrogens (tertiary/aromatic N) is 5. The number of carbonyl (C=O) groups is 2. The molecule has 1 aliphatic heterocycles. The molecule has 2 aromatic rings. The van der Waals surface area contributed by atoms with Gasteiger partial charge in [0.25, 0.3) is 5.91 Å². The molecule has 1 aromatic heterocycles. The minimum Gasteiger partial charge on any atom is -0.342 e. The van der Waals surface area contributed by atoms with Crippen molar-refractivity contribution >= 4 is 11.8 Å². The predicted molar refractivity (Wildman–Crippen MR) is 89.3 cm³/mol. The maximum absolute atomic E-state index is 12.7. The van der Waals surface area contributed by atoms with Crippen LogP contribution in [0.3, 0.4) is 0 Å². The van der Waals surface area contributed by atoms with Gasteiger partial charge in [-0.25, -0.2) is 4.98 Å². The van der Waals surface area contributed by atoms with Crippen LogP contribution in [0.1, 0.15) is 23.1 Å². The summed E-state index contributed by atoms with van der Waals surface area (Å²) in [6.07, 6.45) is 0. The van der Waals surface area contributed by atoms with Crippen molar-refractivity contribution in [3.63, 3.8) is 0 Å². The molecule has 1 aromatic carbocycles. The number of hydrogen-bond acceptors (Lipinski definition) is 4. The van der Waals surface area contributed by atoms with Crippen molar-refractivity contribution in [1.29, 1.82) is 0 Å². The van der Waals surface area contributed by atoms with Gasteiger partial charge in [0.05, 0.1) is 0 Å². The molecule has 7 nitrogen and oxygen atoms in total. The van der Waals surface area contributed by atoms with Crippen molar-refractivity contribution < 1.29 is 9.59 Å². The van der Waals surface area contributed by atoms with Crippen molar-refractivity contribution in [2.75, 3.05) is 20.1 Å². The summed E-state index contributed by atoms with van der Waals surface area (Å²) in [6.45, 7) is 4.76. The van der Waals surface area contributed by atoms with E-state index in [9.17, 15) is 9.59 Å². The number of rotatable bonds is 2. The van der Waals surface area contributed by atoms with E-state index in [-0.39, 0.29) is 11.8 Å². The van der Waals surface area contributed by atoms with Crippen LogP contribution in [0, 0.1) is 6.92 Å². The van der Waals surface area contributed by atoms with Crippen LogP contribution in [0.15, 0.2) is 24.3 Å². The maximum atomic E-state index is 12.7. The average Bonchev–Trinajstić information content (AvgIpc) is 2.91. The molecule has 0 aliphatic carbocycles. The monoisotopic (exact) mass is 327 g/mol. The van der Waals surface area contributed by atoms with E-state index in [4.69, 9.17) is 0 Å². The maximum Gasteiger partial charge on any atom is 0.254 e. The summed E-state index contributed by atoms with van der Waals surface area (Å²) in [6, 6.07) is 6.77. The van der Waals surface area contributed by atoms with Crippen molar-refractivity contribution in [3.8, 4) is 11.4 Å². The van der Waals surface area contributed by atoms with Gasteiger partial charge in [0.2, 0.25) is 5.91 Å². The van der Waals surface area contributed by atoms with Crippen LogP contribution < -0.4 is 0 Å². The number of aryl methyl sites for hydroxylation is 2. The summed E-state index contributed by atoms with van der Waals surface area (Å²) in [5.74, 6) is 1.31. The molecule has 0 spiro atoms. The number of piperazine rings is 1. The smallest absolute Gasteiger partial charge is 0.254 e. The third kappa shape index (κ3) is 2.77. The van der Waals surface area contributed by atoms with Gasteiger partial charge in [0.1, 0.15) is 11.9 Å². The van der Waals surface area contributed by atoms with E-state index in [1.165, 1.54) is 0 Å². The highest BCUT2D eigenvalue weighted by atomic mass is 16.2. The van der Waals surface area contributed by atoms with E-state index in [1.807, 2.05) is 26.1 Å². The Hall–Kier alpha value is -2.70. The Morgan fingerprint density at radius 1 is 1.17 bits per heavy atom. The van der Waals surface area contributed by atoms with E-state index in [0.29, 0.717) is 24.5 Å². The second-order valence-corrected chi connectivity index (χ2v) is 6.12. The molecular formula is C17H21N5O2. The van der Waals surface area contributed by atoms with Gasteiger partial charge in [-0.2, -0.15) is 5.10 Å². The molecule has 0 unspecified atom stereocenters. The van der Waals surface area contributed by atoms with Gasteiger partial charge < -0.3 is 9.80 Å². The molecule has 1 fully saturated rings. The Morgan fingerprint density at radius 3 is 2.42 bits per heavy atom. The molecule has 0 bridgehead atoms. The Labute approximate surface area is 140 Å². The number of benzene rings is 1. The zero-order valence-corrected chi connectivity index (χ0v) is 14.4. The van der Waals surface area contributed by atoms with Crippen LogP contribution in [0.4, 0.5) is 0 Å². The van der Waals surface area contributed by atoms with Gasteiger partial charge in [-0.05, 0) is 26.0 Å². The van der Waals surface area contributed by atoms with E-state index in [2.05, 4.69) is 10.1 Å². The number of hydrogen-bond donors (Lipinski definition) is 0. The van der Waals surface area contributed by atoms with Gasteiger partial charge in [0, 0.05) is 38.3 Å². The number of aromatic nitrogens is 3. The molecule has 0 saturated carbocycles. The van der Waals surface area contributed by atoms with Crippen molar-refractivity contribution in [3.05, 3.63) is 35.7 Å². The molecule has 3 rings (SSSR count). The average molecular weight is 327 g/mol. The predicted octanol–water partition coefficient (Wildman–Crippen LogP) is 1.09. The molecule has 24 heavy (non-hydrogen) atoms. The van der Waals surface area contributed by atoms with E-state index >= 15 is 0 Å². The SMILES string of the molecule is Cc1nc(-c2ccc(C(=O)N3CCN(C)C(=O)[C@H]3C)cc2)nn1C. The first-order chi connectivity index (χ1) is 11.4. The molecular weight excluding hydrogens is 306 g/mol. The fraction of sp³-hybridized carbons (Fsp3) is 0.412. The lowest BCUT2D eigenvalue weighted by atomic mass is 10.1. The quantitative estimate of drug-likeness (QED) is 0.828. The molecule has 126 valence electrons. The van der Waals surface area contributed by atoms with Crippen molar-refractivity contribution in [1.82, 2.24) is 24.6 Å². The van der Waals surface area contributed by atoms with Crippen molar-refractivity contribution in [2.24, 2.45) is 7.05 Å². The second kappa shape index (κ2) is 6.07. The van der Waals surface area contributed by atoms with Gasteiger partial charge >= 0.3 is 0 Å². The van der Waals surface area contributed by atoms with Crippen LogP contribution in [0.5, 0.6) is 0 Å². The highest BCUT2D eigenvalue weighted by molar-refractivity contribution is 5.98. The summed E-state index contributed by atoms with van der Waals surface area (Å²) in [4.78, 5) is 32.4. The molecule has 0 radical (unpaired) electrons. The lowest BCUT2D eigenvalue weighted by Gasteiger charge is -2.37. The molecule has 2 amide bonds. The Bertz CT molecular complexity index is 761. The fourth-order valence-electron chi connectivity index (χ4n) is 2.80. The third-order valence-corrected chi connectivity index (χ3v) is 4.51. The summed E-state index contributed by atoms with van der Waals surface area (Å²) in [5.41, 5.74) is 1.42. The molecule has 1 aliphatic rings. The fourth-order valence-corrected chi connectivity index (χ4v) is 2.80. The van der Waals surface area contributed by atoms with Gasteiger partial charge in [0.15, 0.2) is 5.82 Å². The molecule has 1 saturated heterocycles. The Kier molecular flexibility index (Phi) is 4.09. The first-order valence-corrected chi connectivity index (χ1v) is 7.92. The van der Waals surface area contributed by atoms with Crippen molar-refractivity contribution in [2.45, 2.75) is 19.9 Å². The standard InChI is InChI=1S/C17H21N5O2/c1-11-16(23)20(3)9-10-22(11)17(24)14-7-5-13(6-8-14)15-18-12(2)21(4)19-15/h5-8,11H,9-10H2,1-4H3/t11-/m1/s1. The lowest BCUT2D eigenvalue weighted by molar-refractivity contribution is -0.137. The van der Waals surface area contributed by atoms with Gasteiger partial charge in [-0.1, -0.05) is 12.1 Å². The van der Waals surface area contributed by atoms with Crippen LogP contribution in [-0.2, 0) is 11.8 Å². The molecule has 2 heterocycles. The lowest BCUT2D eigenvalue weighted by Crippen LogP contribution is -2.56. The van der Waals surface area contributed by atoms with Crippen LogP contribution in [0.2, 0.25) is 0 Å². The minimum atomic E-state index is -0.434. The van der Waals surface area contributed by atoms with Gasteiger partial charge in [-0.15, -0.1) is 0 Å². The van der Waals surface area contributed by atoms with E-state index in [1.54, 1.807) is 40.6 Å². The summed E-state index contributed by atoms with van der Waals surface area (Å²) in [7, 11) is 3.60. The third-order valence-electron chi connectivity index (χ3n) is 4.51. The zero-order chi connectivity index (χ0) is 17.4. The van der Waals surface area contributed by atoms with Crippen LogP contribution >= 0.6 is 0 Å². The first kappa shape index (κ1) is 16.2. The first-order valence-electron chi connectivity index (χ1n) is 7.92. The summed E-state index contributed by atoms with van der Waals surface area (Å²) in [5, 5.41) is 4.34. The minimum absolute atomic E-state index is 0.0284. The molecule has 0 N–H and O–H groups in total. The van der Waals surface area contributed by atoms with Crippen LogP contribution in [0.25, 0.3) is 11.4 Å². The Morgan fingerprint density at radius 2 is 1.83 bits per heavy atom. The zero-order valence-electron chi connectivity index (χ0n) is 14.4. The molecule has 1 atom stereocenters. The Balaban J connectivity index is 1.80. The van der Waals surface area contributed by atoms with Gasteiger partial charge in [-0.3, -0.25) is 14.3 Å². The normalized spacial score (nSPS) is 18.2.